The molecule has 0 radical (unpaired) electrons. The maximum Gasteiger partial charge on any atom is 0.224 e. The Kier molecular flexibility index (Phi) is 5.82. The molecule has 1 atom stereocenters. The number of carbonyl (C=O) groups is 1. The molecule has 0 bridgehead atoms. The van der Waals surface area contributed by atoms with Crippen LogP contribution in [0, 0.1) is 5.92 Å². The Morgan fingerprint density at radius 3 is 2.45 bits per heavy atom. The topological polar surface area (TPSA) is 72.5 Å². The molecule has 1 aromatic rings. The lowest BCUT2D eigenvalue weighted by molar-refractivity contribution is -0.124. The van der Waals surface area contributed by atoms with Crippen molar-refractivity contribution in [3.8, 4) is 5.75 Å². The van der Waals surface area contributed by atoms with Crippen LogP contribution in [-0.4, -0.2) is 39.0 Å². The molecule has 1 N–H and O–H groups in total. The van der Waals surface area contributed by atoms with E-state index in [9.17, 15) is 13.2 Å². The SMILES string of the molecule is O=C(NCCOc1c(Cl)cc(Cl)cc1Cl)[C@@H]1CCS(=O)(=O)C1. The summed E-state index contributed by atoms with van der Waals surface area (Å²) in [5, 5.41) is 3.61. The quantitative estimate of drug-likeness (QED) is 0.790. The number of hydrogen-bond acceptors (Lipinski definition) is 4. The van der Waals surface area contributed by atoms with Gasteiger partial charge in [-0.2, -0.15) is 0 Å². The summed E-state index contributed by atoms with van der Waals surface area (Å²) in [6, 6.07) is 3.01. The molecule has 0 aliphatic carbocycles. The smallest absolute Gasteiger partial charge is 0.224 e. The van der Waals surface area contributed by atoms with E-state index in [0.717, 1.165) is 0 Å². The van der Waals surface area contributed by atoms with Crippen LogP contribution in [0.3, 0.4) is 0 Å². The van der Waals surface area contributed by atoms with Gasteiger partial charge >= 0.3 is 0 Å². The maximum absolute atomic E-state index is 11.8. The van der Waals surface area contributed by atoms with Crippen molar-refractivity contribution >= 4 is 50.5 Å². The number of benzene rings is 1. The normalized spacial score (nSPS) is 19.9. The first kappa shape index (κ1) is 17.7. The van der Waals surface area contributed by atoms with Gasteiger partial charge < -0.3 is 10.1 Å². The molecule has 1 fully saturated rings. The molecule has 0 aromatic heterocycles. The third kappa shape index (κ3) is 4.65. The molecule has 1 aromatic carbocycles. The highest BCUT2D eigenvalue weighted by Gasteiger charge is 2.32. The van der Waals surface area contributed by atoms with Crippen LogP contribution in [0.4, 0.5) is 0 Å². The summed E-state index contributed by atoms with van der Waals surface area (Å²) >= 11 is 17.7. The zero-order valence-electron chi connectivity index (χ0n) is 11.4. The largest absolute Gasteiger partial charge is 0.489 e. The first-order valence-electron chi connectivity index (χ1n) is 6.54. The van der Waals surface area contributed by atoms with Crippen LogP contribution in [0.5, 0.6) is 5.75 Å². The highest BCUT2D eigenvalue weighted by molar-refractivity contribution is 7.91. The Labute approximate surface area is 143 Å². The van der Waals surface area contributed by atoms with Gasteiger partial charge in [-0.05, 0) is 18.6 Å². The Balaban J connectivity index is 1.79. The van der Waals surface area contributed by atoms with Crippen LogP contribution in [0.2, 0.25) is 15.1 Å². The zero-order chi connectivity index (χ0) is 16.3. The average molecular weight is 387 g/mol. The Morgan fingerprint density at radius 2 is 1.91 bits per heavy atom. The summed E-state index contributed by atoms with van der Waals surface area (Å²) in [4.78, 5) is 11.8. The Morgan fingerprint density at radius 1 is 1.27 bits per heavy atom. The fraction of sp³-hybridized carbons (Fsp3) is 0.462. The molecule has 1 amide bonds. The molecule has 122 valence electrons. The van der Waals surface area contributed by atoms with Crippen molar-refractivity contribution in [2.75, 3.05) is 24.7 Å². The minimum absolute atomic E-state index is 0.0670. The van der Waals surface area contributed by atoms with Gasteiger partial charge in [0.05, 0.1) is 34.0 Å². The van der Waals surface area contributed by atoms with E-state index < -0.39 is 15.8 Å². The zero-order valence-corrected chi connectivity index (χ0v) is 14.5. The molecule has 0 unspecified atom stereocenters. The van der Waals surface area contributed by atoms with Gasteiger partial charge in [-0.3, -0.25) is 4.79 Å². The van der Waals surface area contributed by atoms with Gasteiger partial charge in [-0.25, -0.2) is 8.42 Å². The van der Waals surface area contributed by atoms with Crippen LogP contribution in [0.15, 0.2) is 12.1 Å². The monoisotopic (exact) mass is 385 g/mol. The number of ether oxygens (including phenoxy) is 1. The van der Waals surface area contributed by atoms with Gasteiger partial charge in [0, 0.05) is 5.02 Å². The number of hydrogen-bond donors (Lipinski definition) is 1. The van der Waals surface area contributed by atoms with Crippen molar-refractivity contribution < 1.29 is 17.9 Å². The first-order valence-corrected chi connectivity index (χ1v) is 9.49. The van der Waals surface area contributed by atoms with E-state index >= 15 is 0 Å². The second kappa shape index (κ2) is 7.25. The van der Waals surface area contributed by atoms with E-state index in [0.29, 0.717) is 17.2 Å². The molecule has 1 aliphatic heterocycles. The number of halogens is 3. The van der Waals surface area contributed by atoms with E-state index in [1.807, 2.05) is 0 Å². The van der Waals surface area contributed by atoms with Gasteiger partial charge in [0.15, 0.2) is 15.6 Å². The molecule has 0 saturated carbocycles. The molecule has 0 spiro atoms. The lowest BCUT2D eigenvalue weighted by Crippen LogP contribution is -2.34. The number of rotatable bonds is 5. The fourth-order valence-corrected chi connectivity index (χ4v) is 4.81. The van der Waals surface area contributed by atoms with E-state index in [1.54, 1.807) is 0 Å². The first-order chi connectivity index (χ1) is 10.3. The molecular formula is C13H14Cl3NO4S. The van der Waals surface area contributed by atoms with Crippen LogP contribution in [-0.2, 0) is 14.6 Å². The van der Waals surface area contributed by atoms with Crippen molar-refractivity contribution in [1.82, 2.24) is 5.32 Å². The minimum Gasteiger partial charge on any atom is -0.489 e. The minimum atomic E-state index is -3.07. The van der Waals surface area contributed by atoms with Gasteiger partial charge in [-0.1, -0.05) is 34.8 Å². The lowest BCUT2D eigenvalue weighted by atomic mass is 10.1. The molecular weight excluding hydrogens is 373 g/mol. The average Bonchev–Trinajstić information content (AvgIpc) is 2.77. The molecule has 22 heavy (non-hydrogen) atoms. The van der Waals surface area contributed by atoms with Gasteiger partial charge in [0.2, 0.25) is 5.91 Å². The molecule has 5 nitrogen and oxygen atoms in total. The van der Waals surface area contributed by atoms with Crippen LogP contribution >= 0.6 is 34.8 Å². The highest BCUT2D eigenvalue weighted by atomic mass is 35.5. The molecule has 1 saturated heterocycles. The van der Waals surface area contributed by atoms with E-state index in [1.165, 1.54) is 12.1 Å². The molecule has 1 heterocycles. The Bertz CT molecular complexity index is 655. The predicted octanol–water partition coefficient (Wildman–Crippen LogP) is 2.58. The third-order valence-electron chi connectivity index (χ3n) is 3.21. The molecule has 1 aliphatic rings. The van der Waals surface area contributed by atoms with E-state index in [4.69, 9.17) is 39.5 Å². The number of carbonyl (C=O) groups excluding carboxylic acids is 1. The predicted molar refractivity (Wildman–Crippen MR) is 86.7 cm³/mol. The second-order valence-corrected chi connectivity index (χ2v) is 8.42. The van der Waals surface area contributed by atoms with E-state index in [-0.39, 0.29) is 40.6 Å². The number of amides is 1. The fourth-order valence-electron chi connectivity index (χ4n) is 2.14. The molecule has 9 heteroatoms. The van der Waals surface area contributed by atoms with Crippen molar-refractivity contribution in [2.24, 2.45) is 5.92 Å². The lowest BCUT2D eigenvalue weighted by Gasteiger charge is -2.12. The summed E-state index contributed by atoms with van der Waals surface area (Å²) in [7, 11) is -3.07. The number of sulfone groups is 1. The van der Waals surface area contributed by atoms with Crippen molar-refractivity contribution in [3.63, 3.8) is 0 Å². The third-order valence-corrected chi connectivity index (χ3v) is 5.76. The number of nitrogens with one attached hydrogen (secondary N) is 1. The second-order valence-electron chi connectivity index (χ2n) is 4.94. The summed E-state index contributed by atoms with van der Waals surface area (Å²) < 4.78 is 28.1. The van der Waals surface area contributed by atoms with Crippen LogP contribution in [0.1, 0.15) is 6.42 Å². The molecule has 2 rings (SSSR count). The maximum atomic E-state index is 11.8. The summed E-state index contributed by atoms with van der Waals surface area (Å²) in [5.74, 6) is -0.484. The highest BCUT2D eigenvalue weighted by Crippen LogP contribution is 2.35. The van der Waals surface area contributed by atoms with Gasteiger partial charge in [0.1, 0.15) is 6.61 Å². The van der Waals surface area contributed by atoms with Crippen molar-refractivity contribution in [1.29, 1.82) is 0 Å². The van der Waals surface area contributed by atoms with Gasteiger partial charge in [0.25, 0.3) is 0 Å². The van der Waals surface area contributed by atoms with Crippen molar-refractivity contribution in [3.05, 3.63) is 27.2 Å². The summed E-state index contributed by atoms with van der Waals surface area (Å²) in [6.07, 6.45) is 0.365. The standard InChI is InChI=1S/C13H14Cl3NO4S/c14-9-5-10(15)12(11(16)6-9)21-3-2-17-13(18)8-1-4-22(19,20)7-8/h5-6,8H,1-4,7H2,(H,17,18)/t8-/m1/s1. The Hall–Kier alpha value is -0.690. The summed E-state index contributed by atoms with van der Waals surface area (Å²) in [6.45, 7) is 0.386. The van der Waals surface area contributed by atoms with Crippen LogP contribution < -0.4 is 10.1 Å². The van der Waals surface area contributed by atoms with Gasteiger partial charge in [-0.15, -0.1) is 0 Å². The summed E-state index contributed by atoms with van der Waals surface area (Å²) in [5.41, 5.74) is 0. The van der Waals surface area contributed by atoms with E-state index in [2.05, 4.69) is 5.32 Å². The van der Waals surface area contributed by atoms with Crippen LogP contribution in [0.25, 0.3) is 0 Å². The van der Waals surface area contributed by atoms with Crippen molar-refractivity contribution in [2.45, 2.75) is 6.42 Å².